The number of rotatable bonds is 4. The second-order valence-electron chi connectivity index (χ2n) is 4.82. The molecule has 1 aromatic heterocycles. The number of amides is 1. The maximum Gasteiger partial charge on any atom is 0.231 e. The van der Waals surface area contributed by atoms with Gasteiger partial charge >= 0.3 is 0 Å². The molecule has 1 aliphatic rings. The van der Waals surface area contributed by atoms with Crippen LogP contribution in [0.3, 0.4) is 0 Å². The van der Waals surface area contributed by atoms with Crippen molar-refractivity contribution in [1.82, 2.24) is 14.3 Å². The lowest BCUT2D eigenvalue weighted by Gasteiger charge is -2.33. The van der Waals surface area contributed by atoms with Crippen LogP contribution in [0.25, 0.3) is 0 Å². The number of piperazine rings is 1. The van der Waals surface area contributed by atoms with Gasteiger partial charge in [-0.2, -0.15) is 4.37 Å². The van der Waals surface area contributed by atoms with Gasteiger partial charge in [0.15, 0.2) is 0 Å². The van der Waals surface area contributed by atoms with Crippen molar-refractivity contribution in [3.05, 3.63) is 5.82 Å². The van der Waals surface area contributed by atoms with Crippen molar-refractivity contribution >= 4 is 22.6 Å². The second kappa shape index (κ2) is 5.62. The van der Waals surface area contributed by atoms with Crippen molar-refractivity contribution in [2.45, 2.75) is 19.8 Å². The molecular formula is C11H19N5OS. The minimum Gasteiger partial charge on any atom is -0.369 e. The van der Waals surface area contributed by atoms with E-state index >= 15 is 0 Å². The van der Waals surface area contributed by atoms with Gasteiger partial charge in [-0.3, -0.25) is 9.69 Å². The molecule has 1 aliphatic heterocycles. The van der Waals surface area contributed by atoms with Crippen molar-refractivity contribution in [2.24, 2.45) is 5.73 Å². The Balaban J connectivity index is 1.90. The first-order valence-electron chi connectivity index (χ1n) is 6.15. The summed E-state index contributed by atoms with van der Waals surface area (Å²) in [4.78, 5) is 19.7. The van der Waals surface area contributed by atoms with Gasteiger partial charge in [-0.1, -0.05) is 13.8 Å². The van der Waals surface area contributed by atoms with E-state index in [0.29, 0.717) is 12.5 Å². The number of hydrogen-bond acceptors (Lipinski definition) is 6. The molecule has 0 radical (unpaired) electrons. The van der Waals surface area contributed by atoms with E-state index in [4.69, 9.17) is 5.73 Å². The Kier molecular flexibility index (Phi) is 4.13. The number of primary amides is 1. The standard InChI is InChI=1S/C11H19N5OS/c1-8(2)10-13-11(18-14-10)16-5-3-15(4-6-16)7-9(12)17/h8H,3-7H2,1-2H3,(H2,12,17). The molecule has 0 atom stereocenters. The summed E-state index contributed by atoms with van der Waals surface area (Å²) in [7, 11) is 0. The number of aromatic nitrogens is 2. The molecule has 0 unspecified atom stereocenters. The molecule has 0 spiro atoms. The lowest BCUT2D eigenvalue weighted by molar-refractivity contribution is -0.119. The molecule has 1 fully saturated rings. The first-order valence-corrected chi connectivity index (χ1v) is 6.93. The Morgan fingerprint density at radius 1 is 1.39 bits per heavy atom. The van der Waals surface area contributed by atoms with E-state index in [1.165, 1.54) is 11.5 Å². The van der Waals surface area contributed by atoms with Crippen molar-refractivity contribution in [3.63, 3.8) is 0 Å². The molecule has 7 heteroatoms. The van der Waals surface area contributed by atoms with Crippen LogP contribution in [-0.2, 0) is 4.79 Å². The van der Waals surface area contributed by atoms with Gasteiger partial charge in [-0.15, -0.1) is 0 Å². The van der Waals surface area contributed by atoms with Crippen LogP contribution in [0, 0.1) is 0 Å². The number of hydrogen-bond donors (Lipinski definition) is 1. The predicted octanol–water partition coefficient (Wildman–Crippen LogP) is 0.269. The number of carbonyl (C=O) groups is 1. The Labute approximate surface area is 111 Å². The third kappa shape index (κ3) is 3.17. The Morgan fingerprint density at radius 3 is 2.56 bits per heavy atom. The molecule has 0 aliphatic carbocycles. The maximum atomic E-state index is 10.8. The van der Waals surface area contributed by atoms with E-state index in [1.807, 2.05) is 0 Å². The van der Waals surface area contributed by atoms with Gasteiger partial charge in [0.1, 0.15) is 5.82 Å². The quantitative estimate of drug-likeness (QED) is 0.849. The average molecular weight is 269 g/mol. The van der Waals surface area contributed by atoms with Gasteiger partial charge in [0.05, 0.1) is 6.54 Å². The highest BCUT2D eigenvalue weighted by atomic mass is 32.1. The Morgan fingerprint density at radius 2 is 2.06 bits per heavy atom. The van der Waals surface area contributed by atoms with E-state index in [2.05, 4.69) is 33.0 Å². The summed E-state index contributed by atoms with van der Waals surface area (Å²) in [6.07, 6.45) is 0. The molecule has 1 amide bonds. The maximum absolute atomic E-state index is 10.8. The van der Waals surface area contributed by atoms with Crippen LogP contribution in [0.5, 0.6) is 0 Å². The van der Waals surface area contributed by atoms with Gasteiger partial charge in [0, 0.05) is 43.6 Å². The van der Waals surface area contributed by atoms with Crippen LogP contribution in [0.15, 0.2) is 0 Å². The first kappa shape index (κ1) is 13.2. The largest absolute Gasteiger partial charge is 0.369 e. The van der Waals surface area contributed by atoms with Gasteiger partial charge in [-0.25, -0.2) is 4.98 Å². The zero-order valence-electron chi connectivity index (χ0n) is 10.8. The summed E-state index contributed by atoms with van der Waals surface area (Å²) < 4.78 is 4.36. The minimum absolute atomic E-state index is 0.263. The summed E-state index contributed by atoms with van der Waals surface area (Å²) in [6, 6.07) is 0. The number of nitrogens with zero attached hydrogens (tertiary/aromatic N) is 4. The molecule has 0 saturated carbocycles. The van der Waals surface area contributed by atoms with Crippen LogP contribution in [0.1, 0.15) is 25.6 Å². The van der Waals surface area contributed by atoms with Gasteiger partial charge in [-0.05, 0) is 0 Å². The Bertz CT molecular complexity index is 411. The number of nitrogens with two attached hydrogens (primary N) is 1. The second-order valence-corrected chi connectivity index (χ2v) is 5.55. The normalized spacial score (nSPS) is 17.4. The fourth-order valence-corrected chi connectivity index (χ4v) is 2.77. The molecule has 1 saturated heterocycles. The van der Waals surface area contributed by atoms with Crippen molar-refractivity contribution in [3.8, 4) is 0 Å². The smallest absolute Gasteiger partial charge is 0.231 e. The zero-order valence-corrected chi connectivity index (χ0v) is 11.6. The molecule has 100 valence electrons. The molecular weight excluding hydrogens is 250 g/mol. The highest BCUT2D eigenvalue weighted by Gasteiger charge is 2.21. The fraction of sp³-hybridized carbons (Fsp3) is 0.727. The van der Waals surface area contributed by atoms with E-state index in [1.54, 1.807) is 0 Å². The molecule has 2 N–H and O–H groups in total. The summed E-state index contributed by atoms with van der Waals surface area (Å²) in [5.41, 5.74) is 5.19. The van der Waals surface area contributed by atoms with Crippen LogP contribution < -0.4 is 10.6 Å². The number of carbonyl (C=O) groups excluding carboxylic acids is 1. The van der Waals surface area contributed by atoms with Crippen LogP contribution >= 0.6 is 11.5 Å². The van der Waals surface area contributed by atoms with E-state index in [0.717, 1.165) is 37.1 Å². The predicted molar refractivity (Wildman–Crippen MR) is 71.8 cm³/mol. The fourth-order valence-electron chi connectivity index (χ4n) is 1.91. The minimum atomic E-state index is -0.263. The van der Waals surface area contributed by atoms with Crippen molar-refractivity contribution in [1.29, 1.82) is 0 Å². The molecule has 18 heavy (non-hydrogen) atoms. The van der Waals surface area contributed by atoms with E-state index in [-0.39, 0.29) is 5.91 Å². The summed E-state index contributed by atoms with van der Waals surface area (Å²) in [5.74, 6) is 1.02. The lowest BCUT2D eigenvalue weighted by atomic mass is 10.2. The van der Waals surface area contributed by atoms with Crippen LogP contribution in [0.4, 0.5) is 5.13 Å². The Hall–Kier alpha value is -1.21. The first-order chi connectivity index (χ1) is 8.56. The highest BCUT2D eigenvalue weighted by molar-refractivity contribution is 7.09. The summed E-state index contributed by atoms with van der Waals surface area (Å²) in [6.45, 7) is 7.98. The topological polar surface area (TPSA) is 75.3 Å². The van der Waals surface area contributed by atoms with Gasteiger partial charge in [0.25, 0.3) is 0 Å². The summed E-state index contributed by atoms with van der Waals surface area (Å²) in [5, 5.41) is 0.984. The molecule has 2 rings (SSSR count). The van der Waals surface area contributed by atoms with Crippen molar-refractivity contribution < 1.29 is 4.79 Å². The zero-order chi connectivity index (χ0) is 13.1. The monoisotopic (exact) mass is 269 g/mol. The van der Waals surface area contributed by atoms with Crippen LogP contribution in [0.2, 0.25) is 0 Å². The van der Waals surface area contributed by atoms with Gasteiger partial charge < -0.3 is 10.6 Å². The highest BCUT2D eigenvalue weighted by Crippen LogP contribution is 2.22. The molecule has 0 aromatic carbocycles. The van der Waals surface area contributed by atoms with E-state index in [9.17, 15) is 4.79 Å². The molecule has 0 bridgehead atoms. The summed E-state index contributed by atoms with van der Waals surface area (Å²) >= 11 is 1.45. The SMILES string of the molecule is CC(C)c1nsc(N2CCN(CC(N)=O)CC2)n1. The molecule has 2 heterocycles. The molecule has 6 nitrogen and oxygen atoms in total. The van der Waals surface area contributed by atoms with Gasteiger partial charge in [0.2, 0.25) is 11.0 Å². The lowest BCUT2D eigenvalue weighted by Crippen LogP contribution is -2.48. The van der Waals surface area contributed by atoms with Crippen molar-refractivity contribution in [2.75, 3.05) is 37.6 Å². The molecule has 1 aromatic rings. The third-order valence-electron chi connectivity index (χ3n) is 2.97. The number of anilines is 1. The average Bonchev–Trinajstić information content (AvgIpc) is 2.78. The van der Waals surface area contributed by atoms with E-state index < -0.39 is 0 Å². The third-order valence-corrected chi connectivity index (χ3v) is 3.76. The van der Waals surface area contributed by atoms with Crippen LogP contribution in [-0.4, -0.2) is 52.9 Å².